The second kappa shape index (κ2) is 5.74. The first-order chi connectivity index (χ1) is 9.41. The Morgan fingerprint density at radius 1 is 1.55 bits per heavy atom. The van der Waals surface area contributed by atoms with Crippen molar-refractivity contribution in [2.45, 2.75) is 6.42 Å². The second-order valence-electron chi connectivity index (χ2n) is 4.78. The molecule has 1 aliphatic heterocycles. The molecule has 2 rings (SSSR count). The topological polar surface area (TPSA) is 88.2 Å². The molecule has 110 valence electrons. The Morgan fingerprint density at radius 3 is 2.90 bits per heavy atom. The number of sulfone groups is 1. The summed E-state index contributed by atoms with van der Waals surface area (Å²) >= 11 is 0. The molecule has 2 heterocycles. The van der Waals surface area contributed by atoms with Crippen LogP contribution in [0.15, 0.2) is 12.3 Å². The molecule has 20 heavy (non-hydrogen) atoms. The number of hydrogen-bond donors (Lipinski definition) is 2. The van der Waals surface area contributed by atoms with Crippen LogP contribution in [0.2, 0.25) is 0 Å². The van der Waals surface area contributed by atoms with Crippen LogP contribution in [0.4, 0.5) is 10.2 Å². The van der Waals surface area contributed by atoms with Gasteiger partial charge in [0.25, 0.3) is 5.91 Å². The molecule has 0 radical (unpaired) electrons. The molecule has 1 amide bonds. The van der Waals surface area contributed by atoms with Crippen molar-refractivity contribution in [3.8, 4) is 0 Å². The fourth-order valence-electron chi connectivity index (χ4n) is 2.18. The fourth-order valence-corrected chi connectivity index (χ4v) is 4.04. The lowest BCUT2D eigenvalue weighted by atomic mass is 10.1. The van der Waals surface area contributed by atoms with Crippen LogP contribution in [0.5, 0.6) is 0 Å². The average molecular weight is 301 g/mol. The van der Waals surface area contributed by atoms with E-state index in [0.717, 1.165) is 12.3 Å². The Labute approximate surface area is 116 Å². The van der Waals surface area contributed by atoms with E-state index >= 15 is 0 Å². The highest BCUT2D eigenvalue weighted by Gasteiger charge is 2.28. The number of rotatable bonds is 4. The summed E-state index contributed by atoms with van der Waals surface area (Å²) in [7, 11) is -1.38. The number of amides is 1. The van der Waals surface area contributed by atoms with Crippen molar-refractivity contribution in [1.82, 2.24) is 10.3 Å². The van der Waals surface area contributed by atoms with Gasteiger partial charge in [-0.25, -0.2) is 17.8 Å². The molecule has 1 atom stereocenters. The highest BCUT2D eigenvalue weighted by molar-refractivity contribution is 7.91. The Balaban J connectivity index is 2.00. The van der Waals surface area contributed by atoms with E-state index < -0.39 is 21.6 Å². The van der Waals surface area contributed by atoms with E-state index in [2.05, 4.69) is 15.6 Å². The lowest BCUT2D eigenvalue weighted by molar-refractivity contribution is 0.0948. The van der Waals surface area contributed by atoms with Crippen LogP contribution in [-0.2, 0) is 9.84 Å². The van der Waals surface area contributed by atoms with Gasteiger partial charge in [-0.3, -0.25) is 4.79 Å². The summed E-state index contributed by atoms with van der Waals surface area (Å²) < 4.78 is 35.8. The van der Waals surface area contributed by atoms with Crippen LogP contribution in [0, 0.1) is 11.7 Å². The zero-order valence-corrected chi connectivity index (χ0v) is 11.8. The van der Waals surface area contributed by atoms with E-state index in [1.165, 1.54) is 0 Å². The van der Waals surface area contributed by atoms with Crippen molar-refractivity contribution in [1.29, 1.82) is 0 Å². The maximum Gasteiger partial charge on any atom is 0.255 e. The van der Waals surface area contributed by atoms with Gasteiger partial charge >= 0.3 is 0 Å². The maximum absolute atomic E-state index is 13.1. The quantitative estimate of drug-likeness (QED) is 0.842. The monoisotopic (exact) mass is 301 g/mol. The molecule has 2 N–H and O–H groups in total. The molecule has 1 aromatic heterocycles. The highest BCUT2D eigenvalue weighted by Crippen LogP contribution is 2.18. The molecule has 0 bridgehead atoms. The summed E-state index contributed by atoms with van der Waals surface area (Å²) in [4.78, 5) is 15.8. The minimum atomic E-state index is -2.96. The molecule has 1 aliphatic rings. The zero-order chi connectivity index (χ0) is 14.8. The molecule has 0 aromatic carbocycles. The average Bonchev–Trinajstić information content (AvgIpc) is 2.75. The van der Waals surface area contributed by atoms with Crippen LogP contribution >= 0.6 is 0 Å². The number of pyridine rings is 1. The zero-order valence-electron chi connectivity index (χ0n) is 11.0. The first-order valence-corrected chi connectivity index (χ1v) is 8.05. The summed E-state index contributed by atoms with van der Waals surface area (Å²) in [5.41, 5.74) is 0.105. The molecule has 1 unspecified atom stereocenters. The van der Waals surface area contributed by atoms with Gasteiger partial charge in [0.2, 0.25) is 0 Å². The predicted octanol–water partition coefficient (Wildman–Crippen LogP) is 0.427. The molecule has 1 fully saturated rings. The number of carbonyl (C=O) groups is 1. The van der Waals surface area contributed by atoms with E-state index in [1.807, 2.05) is 0 Å². The summed E-state index contributed by atoms with van der Waals surface area (Å²) in [5.74, 6) is -0.612. The van der Waals surface area contributed by atoms with Gasteiger partial charge in [-0.1, -0.05) is 0 Å². The lowest BCUT2D eigenvalue weighted by Gasteiger charge is -2.11. The van der Waals surface area contributed by atoms with Crippen LogP contribution in [-0.4, -0.2) is 44.4 Å². The van der Waals surface area contributed by atoms with Gasteiger partial charge in [0.05, 0.1) is 23.3 Å². The van der Waals surface area contributed by atoms with Gasteiger partial charge in [-0.15, -0.1) is 0 Å². The Bertz CT molecular complexity index is 618. The van der Waals surface area contributed by atoms with Gasteiger partial charge in [-0.05, 0) is 18.4 Å². The molecule has 0 aliphatic carbocycles. The number of halogens is 1. The number of nitrogens with one attached hydrogen (secondary N) is 2. The Morgan fingerprint density at radius 2 is 2.30 bits per heavy atom. The second-order valence-corrected chi connectivity index (χ2v) is 7.01. The van der Waals surface area contributed by atoms with Gasteiger partial charge in [0.1, 0.15) is 11.6 Å². The normalized spacial score (nSPS) is 20.6. The van der Waals surface area contributed by atoms with Crippen LogP contribution in [0.25, 0.3) is 0 Å². The summed E-state index contributed by atoms with van der Waals surface area (Å²) in [6.07, 6.45) is 1.56. The number of carbonyl (C=O) groups excluding carboxylic acids is 1. The molecule has 1 aromatic rings. The third-order valence-corrected chi connectivity index (χ3v) is 5.05. The van der Waals surface area contributed by atoms with Crippen molar-refractivity contribution in [3.05, 3.63) is 23.6 Å². The van der Waals surface area contributed by atoms with Crippen LogP contribution in [0.3, 0.4) is 0 Å². The molecule has 0 spiro atoms. The molecule has 1 saturated heterocycles. The molecular weight excluding hydrogens is 285 g/mol. The molecule has 0 saturated carbocycles. The number of hydrogen-bond acceptors (Lipinski definition) is 5. The third-order valence-electron chi connectivity index (χ3n) is 3.21. The number of aromatic nitrogens is 1. The Hall–Kier alpha value is -1.70. The lowest BCUT2D eigenvalue weighted by Crippen LogP contribution is -2.30. The maximum atomic E-state index is 13.1. The number of nitrogens with zero attached hydrogens (tertiary/aromatic N) is 1. The minimum absolute atomic E-state index is 0.0801. The van der Waals surface area contributed by atoms with Crippen molar-refractivity contribution >= 4 is 21.6 Å². The van der Waals surface area contributed by atoms with Crippen molar-refractivity contribution < 1.29 is 17.6 Å². The minimum Gasteiger partial charge on any atom is -0.372 e. The van der Waals surface area contributed by atoms with Crippen LogP contribution in [0.1, 0.15) is 16.8 Å². The third kappa shape index (κ3) is 3.44. The summed E-state index contributed by atoms with van der Waals surface area (Å²) in [6, 6.07) is 1.10. The van der Waals surface area contributed by atoms with Gasteiger partial charge in [-0.2, -0.15) is 0 Å². The summed E-state index contributed by atoms with van der Waals surface area (Å²) in [5, 5.41) is 5.34. The van der Waals surface area contributed by atoms with E-state index in [9.17, 15) is 17.6 Å². The first kappa shape index (κ1) is 14.7. The first-order valence-electron chi connectivity index (χ1n) is 6.23. The summed E-state index contributed by atoms with van der Waals surface area (Å²) in [6.45, 7) is 0.262. The SMILES string of the molecule is CNc1ncc(F)cc1C(=O)NCC1CCS(=O)(=O)C1. The van der Waals surface area contributed by atoms with Gasteiger partial charge in [0, 0.05) is 13.6 Å². The Kier molecular flexibility index (Phi) is 4.22. The molecule has 8 heteroatoms. The van der Waals surface area contributed by atoms with E-state index in [4.69, 9.17) is 0 Å². The molecular formula is C12H16FN3O3S. The number of anilines is 1. The van der Waals surface area contributed by atoms with E-state index in [1.54, 1.807) is 7.05 Å². The van der Waals surface area contributed by atoms with Gasteiger partial charge < -0.3 is 10.6 Å². The van der Waals surface area contributed by atoms with Gasteiger partial charge in [0.15, 0.2) is 9.84 Å². The smallest absolute Gasteiger partial charge is 0.255 e. The van der Waals surface area contributed by atoms with Crippen molar-refractivity contribution in [3.63, 3.8) is 0 Å². The molecule has 6 nitrogen and oxygen atoms in total. The predicted molar refractivity (Wildman–Crippen MR) is 72.8 cm³/mol. The van der Waals surface area contributed by atoms with Crippen LogP contribution < -0.4 is 10.6 Å². The van der Waals surface area contributed by atoms with E-state index in [0.29, 0.717) is 6.42 Å². The highest BCUT2D eigenvalue weighted by atomic mass is 32.2. The fraction of sp³-hybridized carbons (Fsp3) is 0.500. The van der Waals surface area contributed by atoms with Crippen molar-refractivity contribution in [2.75, 3.05) is 30.4 Å². The van der Waals surface area contributed by atoms with Crippen molar-refractivity contribution in [2.24, 2.45) is 5.92 Å². The van der Waals surface area contributed by atoms with E-state index in [-0.39, 0.29) is 35.3 Å². The largest absolute Gasteiger partial charge is 0.372 e. The standard InChI is InChI=1S/C12H16FN3O3S/c1-14-11-10(4-9(13)6-15-11)12(17)16-5-8-2-3-20(18,19)7-8/h4,6,8H,2-3,5,7H2,1H3,(H,14,15)(H,16,17).